The van der Waals surface area contributed by atoms with Crippen molar-refractivity contribution in [1.29, 1.82) is 0 Å². The maximum absolute atomic E-state index is 13.0. The average Bonchev–Trinajstić information content (AvgIpc) is 2.67. The van der Waals surface area contributed by atoms with E-state index in [1.165, 1.54) is 24.3 Å². The van der Waals surface area contributed by atoms with E-state index in [0.717, 1.165) is 11.3 Å². The number of hydrogen-bond donors (Lipinski definition) is 1. The fraction of sp³-hybridized carbons (Fsp3) is 0.381. The Morgan fingerprint density at radius 2 is 1.81 bits per heavy atom. The Morgan fingerprint density at radius 3 is 2.41 bits per heavy atom. The second kappa shape index (κ2) is 9.92. The molecule has 2 aromatic rings. The van der Waals surface area contributed by atoms with Gasteiger partial charge in [0, 0.05) is 12.1 Å². The third-order valence-corrected chi connectivity index (χ3v) is 4.35. The molecule has 0 aliphatic rings. The fourth-order valence-corrected chi connectivity index (χ4v) is 2.82. The zero-order valence-corrected chi connectivity index (χ0v) is 16.2. The van der Waals surface area contributed by atoms with Crippen LogP contribution in [0, 0.1) is 5.82 Å². The lowest BCUT2D eigenvalue weighted by molar-refractivity contribution is -0.128. The molecule has 2 aromatic carbocycles. The van der Waals surface area contributed by atoms with Crippen LogP contribution in [0.1, 0.15) is 24.9 Å². The highest BCUT2D eigenvalue weighted by Crippen LogP contribution is 2.27. The van der Waals surface area contributed by atoms with E-state index < -0.39 is 6.10 Å². The third-order valence-electron chi connectivity index (χ3n) is 4.35. The largest absolute Gasteiger partial charge is 0.496 e. The van der Waals surface area contributed by atoms with Crippen LogP contribution in [0.15, 0.2) is 48.5 Å². The molecule has 0 aliphatic carbocycles. The normalized spacial score (nSPS) is 13.1. The van der Waals surface area contributed by atoms with Gasteiger partial charge in [-0.2, -0.15) is 0 Å². The summed E-state index contributed by atoms with van der Waals surface area (Å²) in [6.45, 7) is 2.28. The lowest BCUT2D eigenvalue weighted by Gasteiger charge is -2.27. The maximum Gasteiger partial charge on any atom is 0.261 e. The van der Waals surface area contributed by atoms with Crippen molar-refractivity contribution in [3.05, 3.63) is 59.9 Å². The van der Waals surface area contributed by atoms with Crippen LogP contribution in [-0.4, -0.2) is 44.7 Å². The SMILES string of the molecule is CC[C@H](Oc1ccc(F)cc1)C(=O)NC[C@@H](c1ccccc1OC)N(C)C. The monoisotopic (exact) mass is 374 g/mol. The van der Waals surface area contributed by atoms with Crippen molar-refractivity contribution in [2.75, 3.05) is 27.7 Å². The molecule has 0 aliphatic heterocycles. The van der Waals surface area contributed by atoms with E-state index in [4.69, 9.17) is 9.47 Å². The molecule has 0 bridgehead atoms. The summed E-state index contributed by atoms with van der Waals surface area (Å²) in [6.07, 6.45) is -0.138. The van der Waals surface area contributed by atoms with Gasteiger partial charge < -0.3 is 19.7 Å². The average molecular weight is 374 g/mol. The minimum absolute atomic E-state index is 0.0478. The van der Waals surface area contributed by atoms with Gasteiger partial charge in [0.1, 0.15) is 17.3 Å². The fourth-order valence-electron chi connectivity index (χ4n) is 2.82. The first kappa shape index (κ1) is 20.7. The quantitative estimate of drug-likeness (QED) is 0.731. The van der Waals surface area contributed by atoms with Crippen molar-refractivity contribution in [2.24, 2.45) is 0 Å². The highest BCUT2D eigenvalue weighted by atomic mass is 19.1. The lowest BCUT2D eigenvalue weighted by Crippen LogP contribution is -2.42. The molecule has 0 saturated heterocycles. The number of nitrogens with zero attached hydrogens (tertiary/aromatic N) is 1. The molecule has 2 rings (SSSR count). The summed E-state index contributed by atoms with van der Waals surface area (Å²) in [7, 11) is 5.54. The molecule has 5 nitrogen and oxygen atoms in total. The molecular formula is C21H27FN2O3. The van der Waals surface area contributed by atoms with Gasteiger partial charge in [-0.3, -0.25) is 4.79 Å². The van der Waals surface area contributed by atoms with Crippen LogP contribution in [0.4, 0.5) is 4.39 Å². The molecular weight excluding hydrogens is 347 g/mol. The molecule has 1 amide bonds. The number of likely N-dealkylation sites (N-methyl/N-ethyl adjacent to an activating group) is 1. The Labute approximate surface area is 160 Å². The first-order valence-electron chi connectivity index (χ1n) is 8.95. The molecule has 27 heavy (non-hydrogen) atoms. The van der Waals surface area contributed by atoms with Crippen molar-refractivity contribution in [3.8, 4) is 11.5 Å². The first-order chi connectivity index (χ1) is 13.0. The van der Waals surface area contributed by atoms with Gasteiger partial charge in [0.05, 0.1) is 13.2 Å². The summed E-state index contributed by atoms with van der Waals surface area (Å²) < 4.78 is 24.2. The Hall–Kier alpha value is -2.60. The maximum atomic E-state index is 13.0. The first-order valence-corrected chi connectivity index (χ1v) is 8.95. The number of carbonyl (C=O) groups is 1. The molecule has 146 valence electrons. The van der Waals surface area contributed by atoms with Crippen LogP contribution in [0.5, 0.6) is 11.5 Å². The van der Waals surface area contributed by atoms with Gasteiger partial charge >= 0.3 is 0 Å². The molecule has 2 atom stereocenters. The Balaban J connectivity index is 2.04. The zero-order chi connectivity index (χ0) is 19.8. The topological polar surface area (TPSA) is 50.8 Å². The number of amides is 1. The van der Waals surface area contributed by atoms with E-state index >= 15 is 0 Å². The second-order valence-electron chi connectivity index (χ2n) is 6.44. The molecule has 0 radical (unpaired) electrons. The highest BCUT2D eigenvalue weighted by Gasteiger charge is 2.23. The number of hydrogen-bond acceptors (Lipinski definition) is 4. The predicted octanol–water partition coefficient (Wildman–Crippen LogP) is 3.41. The van der Waals surface area contributed by atoms with Gasteiger partial charge in [-0.25, -0.2) is 4.39 Å². The summed E-state index contributed by atoms with van der Waals surface area (Å²) in [4.78, 5) is 14.6. The van der Waals surface area contributed by atoms with Gasteiger partial charge in [-0.1, -0.05) is 25.1 Å². The minimum Gasteiger partial charge on any atom is -0.496 e. The predicted molar refractivity (Wildman–Crippen MR) is 104 cm³/mol. The molecule has 0 aromatic heterocycles. The van der Waals surface area contributed by atoms with E-state index in [9.17, 15) is 9.18 Å². The van der Waals surface area contributed by atoms with Crippen molar-refractivity contribution < 1.29 is 18.7 Å². The van der Waals surface area contributed by atoms with Gasteiger partial charge in [-0.15, -0.1) is 0 Å². The summed E-state index contributed by atoms with van der Waals surface area (Å²) in [6, 6.07) is 13.4. The second-order valence-corrected chi connectivity index (χ2v) is 6.44. The van der Waals surface area contributed by atoms with Crippen LogP contribution >= 0.6 is 0 Å². The number of para-hydroxylation sites is 1. The van der Waals surface area contributed by atoms with E-state index in [-0.39, 0.29) is 17.8 Å². The summed E-state index contributed by atoms with van der Waals surface area (Å²) in [5.41, 5.74) is 0.998. The van der Waals surface area contributed by atoms with E-state index in [1.807, 2.05) is 50.2 Å². The number of halogens is 1. The Morgan fingerprint density at radius 1 is 1.15 bits per heavy atom. The molecule has 0 saturated carbocycles. The van der Waals surface area contributed by atoms with Crippen LogP contribution < -0.4 is 14.8 Å². The standard InChI is InChI=1S/C21H27FN2O3/c1-5-19(27-16-12-10-15(22)11-13-16)21(25)23-14-18(24(2)3)17-8-6-7-9-20(17)26-4/h6-13,18-19H,5,14H2,1-4H3,(H,23,25)/t18-,19-/m0/s1. The smallest absolute Gasteiger partial charge is 0.261 e. The van der Waals surface area contributed by atoms with E-state index in [0.29, 0.717) is 18.7 Å². The van der Waals surface area contributed by atoms with Crippen LogP contribution in [-0.2, 0) is 4.79 Å². The number of methoxy groups -OCH3 is 1. The molecule has 0 heterocycles. The van der Waals surface area contributed by atoms with Crippen molar-refractivity contribution >= 4 is 5.91 Å². The van der Waals surface area contributed by atoms with Crippen molar-refractivity contribution in [2.45, 2.75) is 25.5 Å². The van der Waals surface area contributed by atoms with Crippen LogP contribution in [0.2, 0.25) is 0 Å². The van der Waals surface area contributed by atoms with Gasteiger partial charge in [0.15, 0.2) is 6.10 Å². The number of benzene rings is 2. The molecule has 0 spiro atoms. The van der Waals surface area contributed by atoms with E-state index in [2.05, 4.69) is 5.32 Å². The zero-order valence-electron chi connectivity index (χ0n) is 16.2. The van der Waals surface area contributed by atoms with Gasteiger partial charge in [-0.05, 0) is 50.8 Å². The van der Waals surface area contributed by atoms with Crippen molar-refractivity contribution in [1.82, 2.24) is 10.2 Å². The third kappa shape index (κ3) is 5.69. The van der Waals surface area contributed by atoms with Crippen LogP contribution in [0.25, 0.3) is 0 Å². The van der Waals surface area contributed by atoms with E-state index in [1.54, 1.807) is 7.11 Å². The molecule has 0 unspecified atom stereocenters. The molecule has 1 N–H and O–H groups in total. The lowest BCUT2D eigenvalue weighted by atomic mass is 10.0. The van der Waals surface area contributed by atoms with Gasteiger partial charge in [0.25, 0.3) is 5.91 Å². The Kier molecular flexibility index (Phi) is 7.61. The Bertz CT molecular complexity index is 734. The highest BCUT2D eigenvalue weighted by molar-refractivity contribution is 5.81. The summed E-state index contributed by atoms with van der Waals surface area (Å²) >= 11 is 0. The molecule has 0 fully saturated rings. The van der Waals surface area contributed by atoms with Crippen LogP contribution in [0.3, 0.4) is 0 Å². The van der Waals surface area contributed by atoms with Crippen molar-refractivity contribution in [3.63, 3.8) is 0 Å². The number of rotatable bonds is 9. The molecule has 6 heteroatoms. The van der Waals surface area contributed by atoms with Gasteiger partial charge in [0.2, 0.25) is 0 Å². The summed E-state index contributed by atoms with van der Waals surface area (Å²) in [5, 5.41) is 2.96. The number of nitrogens with one attached hydrogen (secondary N) is 1. The summed E-state index contributed by atoms with van der Waals surface area (Å²) in [5.74, 6) is 0.696. The number of carbonyl (C=O) groups excluding carboxylic acids is 1. The number of ether oxygens (including phenoxy) is 2. The minimum atomic E-state index is -0.643.